The summed E-state index contributed by atoms with van der Waals surface area (Å²) in [5.74, 6) is -1.73. The molecule has 1 unspecified atom stereocenters. The monoisotopic (exact) mass is 516 g/mol. The van der Waals surface area contributed by atoms with Crippen molar-refractivity contribution in [3.8, 4) is 11.5 Å². The number of amides is 1. The van der Waals surface area contributed by atoms with Gasteiger partial charge in [0.15, 0.2) is 11.4 Å². The molecule has 0 saturated heterocycles. The van der Waals surface area contributed by atoms with Gasteiger partial charge in [0.1, 0.15) is 29.7 Å². The number of nitrogens with zero attached hydrogens (tertiary/aromatic N) is 2. The number of rotatable bonds is 9. The number of carbonyl (C=O) groups is 1. The molecule has 2 aromatic heterocycles. The van der Waals surface area contributed by atoms with Crippen LogP contribution in [-0.2, 0) is 6.61 Å². The number of fused-ring (bicyclic) bond motifs is 1. The maximum atomic E-state index is 14.0. The Bertz CT molecular complexity index is 1420. The number of hydrogen-bond acceptors (Lipinski definition) is 5. The van der Waals surface area contributed by atoms with Gasteiger partial charge in [-0.15, -0.1) is 0 Å². The van der Waals surface area contributed by atoms with Crippen LogP contribution >= 0.6 is 0 Å². The molecular formula is C26H24F4N4O3. The standard InChI is InChI=1S/C26H24F4N4O3/c1-14-9-22(36-13-18-19(27)7-4-8-20(18)28)24-33-15(2)23(34(24)12-14)25(35)32-11-21(31)16-5-3-6-17(10-16)37-26(29)30/h3-10,12,21,26H,11,13,31H2,1-2H3,(H,32,35). The molecule has 2 aromatic carbocycles. The van der Waals surface area contributed by atoms with Gasteiger partial charge in [0.2, 0.25) is 0 Å². The van der Waals surface area contributed by atoms with E-state index in [1.54, 1.807) is 32.2 Å². The maximum absolute atomic E-state index is 14.0. The quantitative estimate of drug-likeness (QED) is 0.311. The predicted molar refractivity (Wildman–Crippen MR) is 128 cm³/mol. The Kier molecular flexibility index (Phi) is 7.63. The number of halogens is 4. The molecule has 37 heavy (non-hydrogen) atoms. The fourth-order valence-electron chi connectivity index (χ4n) is 3.88. The SMILES string of the molecule is Cc1cc(OCc2c(F)cccc2F)c2nc(C)c(C(=O)NCC(N)c3cccc(OC(F)F)c3)n2c1. The topological polar surface area (TPSA) is 90.9 Å². The summed E-state index contributed by atoms with van der Waals surface area (Å²) in [6, 6.07) is 10.4. The van der Waals surface area contributed by atoms with Gasteiger partial charge in [0, 0.05) is 18.8 Å². The van der Waals surface area contributed by atoms with Crippen LogP contribution in [0.3, 0.4) is 0 Å². The van der Waals surface area contributed by atoms with Crippen molar-refractivity contribution in [2.75, 3.05) is 6.54 Å². The van der Waals surface area contributed by atoms with Crippen molar-refractivity contribution in [3.05, 3.63) is 94.4 Å². The van der Waals surface area contributed by atoms with Crippen molar-refractivity contribution in [2.24, 2.45) is 5.73 Å². The molecule has 194 valence electrons. The normalized spacial score (nSPS) is 12.1. The Morgan fingerprint density at radius 2 is 1.81 bits per heavy atom. The van der Waals surface area contributed by atoms with Crippen molar-refractivity contribution in [3.63, 3.8) is 0 Å². The average Bonchev–Trinajstić information content (AvgIpc) is 3.17. The predicted octanol–water partition coefficient (Wildman–Crippen LogP) is 4.84. The van der Waals surface area contributed by atoms with Gasteiger partial charge < -0.3 is 20.5 Å². The molecule has 0 saturated carbocycles. The minimum atomic E-state index is -2.97. The van der Waals surface area contributed by atoms with E-state index in [1.807, 2.05) is 0 Å². The van der Waals surface area contributed by atoms with Crippen LogP contribution in [0.1, 0.15) is 38.9 Å². The van der Waals surface area contributed by atoms with E-state index < -0.39 is 30.2 Å². The fraction of sp³-hybridized carbons (Fsp3) is 0.231. The third kappa shape index (κ3) is 5.83. The first-order chi connectivity index (χ1) is 17.6. The van der Waals surface area contributed by atoms with Gasteiger partial charge in [-0.3, -0.25) is 9.20 Å². The van der Waals surface area contributed by atoms with Gasteiger partial charge in [-0.05, 0) is 55.3 Å². The van der Waals surface area contributed by atoms with Crippen LogP contribution < -0.4 is 20.5 Å². The van der Waals surface area contributed by atoms with Crippen LogP contribution in [0, 0.1) is 25.5 Å². The molecule has 7 nitrogen and oxygen atoms in total. The van der Waals surface area contributed by atoms with E-state index in [2.05, 4.69) is 15.0 Å². The number of ether oxygens (including phenoxy) is 2. The lowest BCUT2D eigenvalue weighted by Gasteiger charge is -2.15. The molecule has 1 atom stereocenters. The van der Waals surface area contributed by atoms with Crippen LogP contribution in [0.25, 0.3) is 5.65 Å². The molecule has 0 bridgehead atoms. The first-order valence-corrected chi connectivity index (χ1v) is 11.3. The summed E-state index contributed by atoms with van der Waals surface area (Å²) in [6.07, 6.45) is 1.69. The van der Waals surface area contributed by atoms with Crippen molar-refractivity contribution >= 4 is 11.6 Å². The second-order valence-electron chi connectivity index (χ2n) is 8.38. The van der Waals surface area contributed by atoms with Crippen molar-refractivity contribution in [1.29, 1.82) is 0 Å². The minimum absolute atomic E-state index is 0.00533. The highest BCUT2D eigenvalue weighted by atomic mass is 19.3. The number of hydrogen-bond donors (Lipinski definition) is 2. The van der Waals surface area contributed by atoms with Gasteiger partial charge >= 0.3 is 6.61 Å². The Morgan fingerprint density at radius 1 is 1.11 bits per heavy atom. The Hall–Kier alpha value is -4.12. The third-order valence-electron chi connectivity index (χ3n) is 5.64. The summed E-state index contributed by atoms with van der Waals surface area (Å²) in [4.78, 5) is 17.5. The molecule has 0 aliphatic rings. The van der Waals surface area contributed by atoms with E-state index in [9.17, 15) is 22.4 Å². The molecule has 1 amide bonds. The average molecular weight is 516 g/mol. The first-order valence-electron chi connectivity index (χ1n) is 11.3. The number of nitrogens with two attached hydrogens (primary N) is 1. The van der Waals surface area contributed by atoms with Gasteiger partial charge in [0.25, 0.3) is 5.91 Å². The number of benzene rings is 2. The molecule has 4 aromatic rings. The first kappa shape index (κ1) is 26.0. The number of carbonyl (C=O) groups excluding carboxylic acids is 1. The second kappa shape index (κ2) is 10.9. The Balaban J connectivity index is 1.53. The minimum Gasteiger partial charge on any atom is -0.485 e. The van der Waals surface area contributed by atoms with Crippen LogP contribution in [0.2, 0.25) is 0 Å². The van der Waals surface area contributed by atoms with Crippen molar-refractivity contribution < 1.29 is 31.8 Å². The highest BCUT2D eigenvalue weighted by Crippen LogP contribution is 2.26. The van der Waals surface area contributed by atoms with Gasteiger partial charge in [-0.2, -0.15) is 8.78 Å². The zero-order valence-electron chi connectivity index (χ0n) is 20.0. The molecule has 4 rings (SSSR count). The van der Waals surface area contributed by atoms with Crippen LogP contribution in [0.5, 0.6) is 11.5 Å². The summed E-state index contributed by atoms with van der Waals surface area (Å²) in [6.45, 7) is 0.0898. The number of alkyl halides is 2. The molecule has 0 radical (unpaired) electrons. The summed E-state index contributed by atoms with van der Waals surface area (Å²) in [7, 11) is 0. The molecule has 0 aliphatic heterocycles. The zero-order chi connectivity index (χ0) is 26.7. The lowest BCUT2D eigenvalue weighted by Crippen LogP contribution is -2.33. The lowest BCUT2D eigenvalue weighted by atomic mass is 10.1. The molecule has 0 fully saturated rings. The number of aromatic nitrogens is 2. The molecule has 2 heterocycles. The molecule has 0 spiro atoms. The van der Waals surface area contributed by atoms with Crippen molar-refractivity contribution in [1.82, 2.24) is 14.7 Å². The van der Waals surface area contributed by atoms with Gasteiger partial charge in [-0.1, -0.05) is 18.2 Å². The summed E-state index contributed by atoms with van der Waals surface area (Å²) in [5.41, 5.74) is 8.07. The Morgan fingerprint density at radius 3 is 2.51 bits per heavy atom. The van der Waals surface area contributed by atoms with E-state index in [0.29, 0.717) is 16.9 Å². The van der Waals surface area contributed by atoms with E-state index in [-0.39, 0.29) is 35.9 Å². The second-order valence-corrected chi connectivity index (χ2v) is 8.38. The molecule has 0 aliphatic carbocycles. The maximum Gasteiger partial charge on any atom is 0.387 e. The fourth-order valence-corrected chi connectivity index (χ4v) is 3.88. The summed E-state index contributed by atoms with van der Waals surface area (Å²) in [5, 5.41) is 2.73. The van der Waals surface area contributed by atoms with E-state index >= 15 is 0 Å². The van der Waals surface area contributed by atoms with Crippen molar-refractivity contribution in [2.45, 2.75) is 33.1 Å². The van der Waals surface area contributed by atoms with E-state index in [1.165, 1.54) is 28.7 Å². The zero-order valence-corrected chi connectivity index (χ0v) is 20.0. The number of nitrogens with one attached hydrogen (secondary N) is 1. The number of pyridine rings is 1. The highest BCUT2D eigenvalue weighted by Gasteiger charge is 2.21. The Labute approximate surface area is 209 Å². The van der Waals surface area contributed by atoms with Gasteiger partial charge in [0.05, 0.1) is 11.3 Å². The number of imidazole rings is 1. The summed E-state index contributed by atoms with van der Waals surface area (Å²) < 4.78 is 64.7. The van der Waals surface area contributed by atoms with Crippen LogP contribution in [0.15, 0.2) is 54.7 Å². The molecule has 11 heteroatoms. The highest BCUT2D eigenvalue weighted by molar-refractivity contribution is 5.95. The largest absolute Gasteiger partial charge is 0.485 e. The summed E-state index contributed by atoms with van der Waals surface area (Å²) >= 11 is 0. The lowest BCUT2D eigenvalue weighted by molar-refractivity contribution is -0.0499. The van der Waals surface area contributed by atoms with E-state index in [4.69, 9.17) is 10.5 Å². The smallest absolute Gasteiger partial charge is 0.387 e. The molecular weight excluding hydrogens is 492 g/mol. The van der Waals surface area contributed by atoms with Crippen LogP contribution in [-0.4, -0.2) is 28.4 Å². The van der Waals surface area contributed by atoms with E-state index in [0.717, 1.165) is 17.7 Å². The number of aryl methyl sites for hydroxylation is 2. The molecule has 3 N–H and O–H groups in total. The van der Waals surface area contributed by atoms with Crippen LogP contribution in [0.4, 0.5) is 17.6 Å². The van der Waals surface area contributed by atoms with Gasteiger partial charge in [-0.25, -0.2) is 13.8 Å². The third-order valence-corrected chi connectivity index (χ3v) is 5.64.